The molecule has 0 saturated carbocycles. The maximum Gasteiger partial charge on any atom is 0.335 e. The highest BCUT2D eigenvalue weighted by Crippen LogP contribution is 2.15. The number of esters is 1. The van der Waals surface area contributed by atoms with E-state index in [0.29, 0.717) is 0 Å². The molecule has 0 aromatic rings. The third kappa shape index (κ3) is 17.6. The van der Waals surface area contributed by atoms with Gasteiger partial charge in [-0.2, -0.15) is 0 Å². The molecule has 0 amide bonds. The Hall–Kier alpha value is -1.05. The first-order chi connectivity index (χ1) is 12.2. The Morgan fingerprint density at radius 2 is 1.16 bits per heavy atom. The van der Waals surface area contributed by atoms with Gasteiger partial charge in [-0.05, 0) is 19.4 Å². The molecule has 0 saturated heterocycles. The fourth-order valence-corrected chi connectivity index (χ4v) is 3.10. The third-order valence-electron chi connectivity index (χ3n) is 4.75. The van der Waals surface area contributed by atoms with Crippen molar-refractivity contribution in [2.24, 2.45) is 0 Å². The van der Waals surface area contributed by atoms with Crippen LogP contribution in [0, 0.1) is 0 Å². The van der Waals surface area contributed by atoms with Crippen LogP contribution in [0.4, 0.5) is 0 Å². The van der Waals surface area contributed by atoms with Crippen molar-refractivity contribution in [2.75, 3.05) is 0 Å². The number of unbranched alkanes of at least 4 members (excludes halogenated alkanes) is 14. The molecule has 0 heterocycles. The Kier molecular flexibility index (Phi) is 18.5. The molecule has 0 atom stereocenters. The highest BCUT2D eigenvalue weighted by Gasteiger charge is 2.02. The minimum absolute atomic E-state index is 0.353. The van der Waals surface area contributed by atoms with E-state index in [9.17, 15) is 4.79 Å². The summed E-state index contributed by atoms with van der Waals surface area (Å²) >= 11 is 0. The highest BCUT2D eigenvalue weighted by molar-refractivity contribution is 5.82. The van der Waals surface area contributed by atoms with Crippen molar-refractivity contribution in [1.29, 1.82) is 0 Å². The van der Waals surface area contributed by atoms with Gasteiger partial charge in [0.1, 0.15) is 5.76 Å². The van der Waals surface area contributed by atoms with Crippen molar-refractivity contribution >= 4 is 5.97 Å². The fourth-order valence-electron chi connectivity index (χ4n) is 3.10. The molecule has 0 bridgehead atoms. The minimum atomic E-state index is -0.353. The van der Waals surface area contributed by atoms with Gasteiger partial charge in [-0.1, -0.05) is 103 Å². The molecular weight excluding hydrogens is 308 g/mol. The summed E-state index contributed by atoms with van der Waals surface area (Å²) in [6, 6.07) is 0. The molecule has 146 valence electrons. The third-order valence-corrected chi connectivity index (χ3v) is 4.75. The van der Waals surface area contributed by atoms with Gasteiger partial charge in [0.15, 0.2) is 0 Å². The smallest absolute Gasteiger partial charge is 0.335 e. The Labute approximate surface area is 157 Å². The van der Waals surface area contributed by atoms with Gasteiger partial charge < -0.3 is 4.74 Å². The van der Waals surface area contributed by atoms with Crippen molar-refractivity contribution in [1.82, 2.24) is 0 Å². The number of carbonyl (C=O) groups is 1. The highest BCUT2D eigenvalue weighted by atomic mass is 16.5. The van der Waals surface area contributed by atoms with Gasteiger partial charge in [-0.25, -0.2) is 4.79 Å². The van der Waals surface area contributed by atoms with E-state index >= 15 is 0 Å². The summed E-state index contributed by atoms with van der Waals surface area (Å²) in [4.78, 5) is 11.2. The van der Waals surface area contributed by atoms with E-state index in [1.54, 1.807) is 0 Å². The molecule has 0 rings (SSSR count). The molecule has 0 aliphatic heterocycles. The van der Waals surface area contributed by atoms with Crippen molar-refractivity contribution in [3.05, 3.63) is 24.5 Å². The average Bonchev–Trinajstić information content (AvgIpc) is 2.63. The Morgan fingerprint density at radius 3 is 1.52 bits per heavy atom. The van der Waals surface area contributed by atoms with Crippen LogP contribution in [-0.2, 0) is 9.53 Å². The summed E-state index contributed by atoms with van der Waals surface area (Å²) in [5, 5.41) is 0. The number of ether oxygens (including phenoxy) is 1. The van der Waals surface area contributed by atoms with Gasteiger partial charge in [0, 0.05) is 12.5 Å². The second-order valence-electron chi connectivity index (χ2n) is 7.08. The second kappa shape index (κ2) is 19.3. The Bertz CT molecular complexity index is 344. The lowest BCUT2D eigenvalue weighted by molar-refractivity contribution is -0.134. The summed E-state index contributed by atoms with van der Waals surface area (Å²) in [6.45, 7) is 7.61. The standard InChI is InChI=1S/C23H42O2/c1-4-7-8-9-10-11-12-13-14-15-16-17-18-19-20-21-22(5-2)25-23(24)6-3/h5-6H,3-4,7-21H2,1-2H3. The maximum atomic E-state index is 11.2. The zero-order chi connectivity index (χ0) is 18.6. The fraction of sp³-hybridized carbons (Fsp3) is 0.783. The van der Waals surface area contributed by atoms with Gasteiger partial charge in [0.2, 0.25) is 0 Å². The zero-order valence-corrected chi connectivity index (χ0v) is 17.0. The van der Waals surface area contributed by atoms with Crippen LogP contribution < -0.4 is 0 Å². The van der Waals surface area contributed by atoms with E-state index < -0.39 is 0 Å². The van der Waals surface area contributed by atoms with Crippen molar-refractivity contribution in [3.63, 3.8) is 0 Å². The molecule has 0 aliphatic carbocycles. The van der Waals surface area contributed by atoms with Crippen LogP contribution in [0.15, 0.2) is 24.5 Å². The van der Waals surface area contributed by atoms with Gasteiger partial charge >= 0.3 is 5.97 Å². The van der Waals surface area contributed by atoms with E-state index in [1.165, 1.54) is 96.0 Å². The number of carbonyl (C=O) groups excluding carboxylic acids is 1. The molecule has 0 spiro atoms. The maximum absolute atomic E-state index is 11.2. The first-order valence-electron chi connectivity index (χ1n) is 10.7. The van der Waals surface area contributed by atoms with E-state index in [2.05, 4.69) is 13.5 Å². The second-order valence-corrected chi connectivity index (χ2v) is 7.08. The SMILES string of the molecule is C=CC(=O)OC(=CC)CCCCCCCCCCCCCCCCC. The minimum Gasteiger partial charge on any atom is -0.428 e. The quantitative estimate of drug-likeness (QED) is 0.109. The number of rotatable bonds is 18. The number of hydrogen-bond acceptors (Lipinski definition) is 2. The summed E-state index contributed by atoms with van der Waals surface area (Å²) in [7, 11) is 0. The van der Waals surface area contributed by atoms with Crippen molar-refractivity contribution in [3.8, 4) is 0 Å². The Morgan fingerprint density at radius 1 is 0.760 bits per heavy atom. The lowest BCUT2D eigenvalue weighted by Gasteiger charge is -2.06. The number of allylic oxidation sites excluding steroid dienone is 2. The van der Waals surface area contributed by atoms with Crippen LogP contribution in [0.3, 0.4) is 0 Å². The Balaban J connectivity index is 3.26. The first kappa shape index (κ1) is 23.9. The normalized spacial score (nSPS) is 11.5. The van der Waals surface area contributed by atoms with E-state index in [1.807, 2.05) is 13.0 Å². The van der Waals surface area contributed by atoms with E-state index in [4.69, 9.17) is 4.74 Å². The first-order valence-corrected chi connectivity index (χ1v) is 10.7. The molecule has 2 nitrogen and oxygen atoms in total. The molecule has 0 radical (unpaired) electrons. The summed E-state index contributed by atoms with van der Waals surface area (Å²) in [5.74, 6) is 0.425. The monoisotopic (exact) mass is 350 g/mol. The van der Waals surface area contributed by atoms with Crippen LogP contribution in [0.1, 0.15) is 117 Å². The molecule has 0 aromatic carbocycles. The van der Waals surface area contributed by atoms with Gasteiger partial charge in [-0.3, -0.25) is 0 Å². The van der Waals surface area contributed by atoms with Gasteiger partial charge in [-0.15, -0.1) is 0 Å². The van der Waals surface area contributed by atoms with Gasteiger partial charge in [0.25, 0.3) is 0 Å². The molecule has 0 aliphatic rings. The molecule has 0 unspecified atom stereocenters. The van der Waals surface area contributed by atoms with Crippen LogP contribution in [0.5, 0.6) is 0 Å². The average molecular weight is 351 g/mol. The van der Waals surface area contributed by atoms with E-state index in [-0.39, 0.29) is 5.97 Å². The molecule has 0 fully saturated rings. The van der Waals surface area contributed by atoms with Crippen LogP contribution in [0.25, 0.3) is 0 Å². The predicted molar refractivity (Wildman–Crippen MR) is 110 cm³/mol. The predicted octanol–water partition coefficient (Wildman–Crippen LogP) is 7.88. The molecule has 0 N–H and O–H groups in total. The number of hydrogen-bond donors (Lipinski definition) is 0. The zero-order valence-electron chi connectivity index (χ0n) is 17.0. The molecule has 25 heavy (non-hydrogen) atoms. The molecular formula is C23H42O2. The molecule has 0 aromatic heterocycles. The lowest BCUT2D eigenvalue weighted by atomic mass is 10.0. The van der Waals surface area contributed by atoms with Crippen LogP contribution in [0.2, 0.25) is 0 Å². The summed E-state index contributed by atoms with van der Waals surface area (Å²) in [5.41, 5.74) is 0. The molecule has 2 heteroatoms. The van der Waals surface area contributed by atoms with Crippen molar-refractivity contribution in [2.45, 2.75) is 117 Å². The van der Waals surface area contributed by atoms with Gasteiger partial charge in [0.05, 0.1) is 0 Å². The van der Waals surface area contributed by atoms with E-state index in [0.717, 1.165) is 18.6 Å². The van der Waals surface area contributed by atoms with Crippen LogP contribution >= 0.6 is 0 Å². The summed E-state index contributed by atoms with van der Waals surface area (Å²) in [6.07, 6.45) is 24.5. The summed E-state index contributed by atoms with van der Waals surface area (Å²) < 4.78 is 5.17. The van der Waals surface area contributed by atoms with Crippen molar-refractivity contribution < 1.29 is 9.53 Å². The van der Waals surface area contributed by atoms with Crippen LogP contribution in [-0.4, -0.2) is 5.97 Å². The largest absolute Gasteiger partial charge is 0.428 e. The lowest BCUT2D eigenvalue weighted by Crippen LogP contribution is -2.00. The topological polar surface area (TPSA) is 26.3 Å².